The van der Waals surface area contributed by atoms with Gasteiger partial charge in [0.2, 0.25) is 0 Å². The minimum atomic E-state index is 0.945. The van der Waals surface area contributed by atoms with Gasteiger partial charge in [0.15, 0.2) is 0 Å². The molecule has 0 radical (unpaired) electrons. The molecule has 52 valence electrons. The second-order valence-electron chi connectivity index (χ2n) is 3.10. The summed E-state index contributed by atoms with van der Waals surface area (Å²) in [5.74, 6) is 0.945. The first-order valence-corrected chi connectivity index (χ1v) is 4.00. The molecule has 1 atom stereocenters. The molecule has 0 amide bonds. The molecular weight excluding hydrogens is 108 g/mol. The SMILES string of the molecule is CCC1=CC[C@H](C)CC1. The average Bonchev–Trinajstić information content (AvgIpc) is 1.90. The first-order valence-electron chi connectivity index (χ1n) is 4.00. The van der Waals surface area contributed by atoms with Gasteiger partial charge in [-0.1, -0.05) is 25.5 Å². The van der Waals surface area contributed by atoms with Crippen LogP contribution in [0.2, 0.25) is 0 Å². The van der Waals surface area contributed by atoms with Gasteiger partial charge in [0.1, 0.15) is 0 Å². The quantitative estimate of drug-likeness (QED) is 0.471. The Labute approximate surface area is 58.0 Å². The Morgan fingerprint density at radius 1 is 1.67 bits per heavy atom. The van der Waals surface area contributed by atoms with Gasteiger partial charge in [0.05, 0.1) is 0 Å². The lowest BCUT2D eigenvalue weighted by Gasteiger charge is -2.16. The molecule has 1 rings (SSSR count). The van der Waals surface area contributed by atoms with E-state index in [1.807, 2.05) is 0 Å². The molecule has 0 aliphatic heterocycles. The number of hydrogen-bond donors (Lipinski definition) is 0. The molecule has 0 nitrogen and oxygen atoms in total. The fourth-order valence-electron chi connectivity index (χ4n) is 1.34. The maximum absolute atomic E-state index is 2.42. The van der Waals surface area contributed by atoms with E-state index in [0.717, 1.165) is 5.92 Å². The lowest BCUT2D eigenvalue weighted by molar-refractivity contribution is 0.508. The molecule has 0 fully saturated rings. The van der Waals surface area contributed by atoms with Crippen LogP contribution in [0.3, 0.4) is 0 Å². The topological polar surface area (TPSA) is 0 Å². The molecule has 0 heterocycles. The van der Waals surface area contributed by atoms with Crippen molar-refractivity contribution < 1.29 is 0 Å². The summed E-state index contributed by atoms with van der Waals surface area (Å²) in [4.78, 5) is 0. The van der Waals surface area contributed by atoms with Gasteiger partial charge >= 0.3 is 0 Å². The summed E-state index contributed by atoms with van der Waals surface area (Å²) in [6, 6.07) is 0. The van der Waals surface area contributed by atoms with E-state index >= 15 is 0 Å². The molecule has 0 N–H and O–H groups in total. The van der Waals surface area contributed by atoms with Crippen LogP contribution < -0.4 is 0 Å². The van der Waals surface area contributed by atoms with Crippen LogP contribution in [0.5, 0.6) is 0 Å². The van der Waals surface area contributed by atoms with Gasteiger partial charge in [0, 0.05) is 0 Å². The van der Waals surface area contributed by atoms with Gasteiger partial charge in [-0.3, -0.25) is 0 Å². The third-order valence-corrected chi connectivity index (χ3v) is 2.22. The van der Waals surface area contributed by atoms with E-state index in [-0.39, 0.29) is 0 Å². The summed E-state index contributed by atoms with van der Waals surface area (Å²) >= 11 is 0. The van der Waals surface area contributed by atoms with Gasteiger partial charge in [-0.25, -0.2) is 0 Å². The van der Waals surface area contributed by atoms with Gasteiger partial charge in [-0.15, -0.1) is 0 Å². The minimum absolute atomic E-state index is 0.945. The molecule has 1 aliphatic rings. The van der Waals surface area contributed by atoms with Crippen molar-refractivity contribution in [2.24, 2.45) is 5.92 Å². The molecule has 1 aliphatic carbocycles. The predicted molar refractivity (Wildman–Crippen MR) is 41.4 cm³/mol. The van der Waals surface area contributed by atoms with Crippen molar-refractivity contribution in [3.63, 3.8) is 0 Å². The van der Waals surface area contributed by atoms with Crippen LogP contribution >= 0.6 is 0 Å². The van der Waals surface area contributed by atoms with Crippen molar-refractivity contribution in [3.8, 4) is 0 Å². The van der Waals surface area contributed by atoms with Gasteiger partial charge in [-0.05, 0) is 31.6 Å². The van der Waals surface area contributed by atoms with Crippen LogP contribution in [0, 0.1) is 5.92 Å². The Hall–Kier alpha value is -0.260. The summed E-state index contributed by atoms with van der Waals surface area (Å²) in [5, 5.41) is 0. The predicted octanol–water partition coefficient (Wildman–Crippen LogP) is 3.14. The fraction of sp³-hybridized carbons (Fsp3) is 0.778. The normalized spacial score (nSPS) is 27.8. The van der Waals surface area contributed by atoms with E-state index in [4.69, 9.17) is 0 Å². The molecule has 0 bridgehead atoms. The van der Waals surface area contributed by atoms with Gasteiger partial charge < -0.3 is 0 Å². The van der Waals surface area contributed by atoms with Crippen molar-refractivity contribution in [2.45, 2.75) is 39.5 Å². The van der Waals surface area contributed by atoms with Crippen molar-refractivity contribution in [2.75, 3.05) is 0 Å². The Morgan fingerprint density at radius 2 is 2.44 bits per heavy atom. The first kappa shape index (κ1) is 6.85. The zero-order valence-electron chi connectivity index (χ0n) is 6.48. The lowest BCUT2D eigenvalue weighted by atomic mass is 9.90. The zero-order valence-corrected chi connectivity index (χ0v) is 6.48. The van der Waals surface area contributed by atoms with Crippen LogP contribution in [0.4, 0.5) is 0 Å². The zero-order chi connectivity index (χ0) is 6.69. The molecule has 0 aromatic rings. The van der Waals surface area contributed by atoms with Crippen LogP contribution in [0.15, 0.2) is 11.6 Å². The van der Waals surface area contributed by atoms with Gasteiger partial charge in [-0.2, -0.15) is 0 Å². The summed E-state index contributed by atoms with van der Waals surface area (Å²) < 4.78 is 0. The monoisotopic (exact) mass is 124 g/mol. The molecule has 9 heavy (non-hydrogen) atoms. The highest BCUT2D eigenvalue weighted by Gasteiger charge is 2.07. The smallest absolute Gasteiger partial charge is 0.0318 e. The largest absolute Gasteiger partial charge is 0.0851 e. The standard InChI is InChI=1S/C9H16/c1-3-9-6-4-8(2)5-7-9/h6,8H,3-5,7H2,1-2H3/t8-/m0/s1. The maximum atomic E-state index is 2.42. The number of rotatable bonds is 1. The highest BCUT2D eigenvalue weighted by atomic mass is 14.1. The molecule has 0 unspecified atom stereocenters. The van der Waals surface area contributed by atoms with E-state index in [2.05, 4.69) is 19.9 Å². The molecule has 0 aromatic carbocycles. The highest BCUT2D eigenvalue weighted by molar-refractivity contribution is 5.04. The average molecular weight is 124 g/mol. The van der Waals surface area contributed by atoms with E-state index in [1.165, 1.54) is 25.7 Å². The second kappa shape index (κ2) is 3.05. The highest BCUT2D eigenvalue weighted by Crippen LogP contribution is 2.24. The Morgan fingerprint density at radius 3 is 2.89 bits per heavy atom. The van der Waals surface area contributed by atoms with E-state index in [9.17, 15) is 0 Å². The summed E-state index contributed by atoms with van der Waals surface area (Å²) in [6.45, 7) is 4.59. The van der Waals surface area contributed by atoms with Crippen molar-refractivity contribution >= 4 is 0 Å². The summed E-state index contributed by atoms with van der Waals surface area (Å²) in [6.07, 6.45) is 7.79. The lowest BCUT2D eigenvalue weighted by Crippen LogP contribution is -2.00. The Kier molecular flexibility index (Phi) is 2.32. The minimum Gasteiger partial charge on any atom is -0.0851 e. The van der Waals surface area contributed by atoms with Crippen molar-refractivity contribution in [1.29, 1.82) is 0 Å². The molecule has 0 aromatic heterocycles. The third-order valence-electron chi connectivity index (χ3n) is 2.22. The van der Waals surface area contributed by atoms with Crippen molar-refractivity contribution in [1.82, 2.24) is 0 Å². The van der Waals surface area contributed by atoms with Crippen molar-refractivity contribution in [3.05, 3.63) is 11.6 Å². The molecule has 0 heteroatoms. The summed E-state index contributed by atoms with van der Waals surface area (Å²) in [7, 11) is 0. The van der Waals surface area contributed by atoms with E-state index in [1.54, 1.807) is 5.57 Å². The van der Waals surface area contributed by atoms with Crippen LogP contribution in [0.25, 0.3) is 0 Å². The second-order valence-corrected chi connectivity index (χ2v) is 3.10. The molecule has 0 saturated carbocycles. The fourth-order valence-corrected chi connectivity index (χ4v) is 1.34. The maximum Gasteiger partial charge on any atom is -0.0318 e. The van der Waals surface area contributed by atoms with Crippen LogP contribution in [-0.2, 0) is 0 Å². The van der Waals surface area contributed by atoms with E-state index < -0.39 is 0 Å². The molecular formula is C9H16. The first-order chi connectivity index (χ1) is 4.33. The Balaban J connectivity index is 2.40. The number of hydrogen-bond acceptors (Lipinski definition) is 0. The third kappa shape index (κ3) is 1.85. The van der Waals surface area contributed by atoms with Crippen LogP contribution in [-0.4, -0.2) is 0 Å². The molecule has 0 spiro atoms. The van der Waals surface area contributed by atoms with E-state index in [0.29, 0.717) is 0 Å². The summed E-state index contributed by atoms with van der Waals surface area (Å²) in [5.41, 5.74) is 1.67. The van der Waals surface area contributed by atoms with Gasteiger partial charge in [0.25, 0.3) is 0 Å². The Bertz CT molecular complexity index is 111. The van der Waals surface area contributed by atoms with Crippen LogP contribution in [0.1, 0.15) is 39.5 Å². The number of allylic oxidation sites excluding steroid dienone is 2. The molecule has 0 saturated heterocycles.